The maximum Gasteiger partial charge on any atom is 0.333 e. The minimum atomic E-state index is -0.648. The largest absolute Gasteiger partial charge is 0.469 e. The minimum absolute atomic E-state index is 0.00219. The van der Waals surface area contributed by atoms with E-state index in [-0.39, 0.29) is 24.8 Å². The molecule has 160 valence electrons. The Bertz CT molecular complexity index is 1030. The Labute approximate surface area is 175 Å². The number of carbonyl (C=O) groups excluding carboxylic acids is 1. The Morgan fingerprint density at radius 1 is 1.13 bits per heavy atom. The van der Waals surface area contributed by atoms with Crippen LogP contribution in [-0.4, -0.2) is 21.7 Å². The topological polar surface area (TPSA) is 79.5 Å². The van der Waals surface area contributed by atoms with Gasteiger partial charge in [0.2, 0.25) is 5.88 Å². The van der Waals surface area contributed by atoms with Crippen LogP contribution in [0.4, 0.5) is 0 Å². The van der Waals surface area contributed by atoms with Gasteiger partial charge in [-0.25, -0.2) is 4.79 Å². The molecule has 0 unspecified atom stereocenters. The highest BCUT2D eigenvalue weighted by Crippen LogP contribution is 2.40. The Morgan fingerprint density at radius 2 is 1.83 bits per heavy atom. The molecule has 0 radical (unpaired) electrons. The van der Waals surface area contributed by atoms with Crippen molar-refractivity contribution in [3.8, 4) is 5.88 Å². The van der Waals surface area contributed by atoms with Crippen molar-refractivity contribution >= 4 is 5.97 Å². The molecule has 7 heteroatoms. The third-order valence-electron chi connectivity index (χ3n) is 6.22. The van der Waals surface area contributed by atoms with E-state index in [2.05, 4.69) is 0 Å². The van der Waals surface area contributed by atoms with Crippen LogP contribution >= 0.6 is 0 Å². The first-order valence-electron chi connectivity index (χ1n) is 10.8. The molecule has 0 N–H and O–H groups in total. The van der Waals surface area contributed by atoms with E-state index in [4.69, 9.17) is 9.47 Å². The van der Waals surface area contributed by atoms with Crippen LogP contribution in [0, 0.1) is 5.92 Å². The van der Waals surface area contributed by atoms with Gasteiger partial charge in [-0.05, 0) is 25.3 Å². The van der Waals surface area contributed by atoms with Gasteiger partial charge in [0.1, 0.15) is 12.0 Å². The standard InChI is InChI=1S/C23H28N2O5/c1-3-29-22(27)17-14-18-20(26)24(2)23(28)25(16-12-8-5-9-13-16)21(18)30-19(17)15-10-6-4-7-11-15/h4,6-7,10-11,16-17,19H,3,5,8-9,12-14H2,1-2H3/t17-,19+/m1/s1. The van der Waals surface area contributed by atoms with E-state index < -0.39 is 23.6 Å². The molecule has 7 nitrogen and oxygen atoms in total. The minimum Gasteiger partial charge on any atom is -0.469 e. The molecule has 2 atom stereocenters. The molecule has 0 bridgehead atoms. The molecule has 0 spiro atoms. The van der Waals surface area contributed by atoms with Gasteiger partial charge in [0.25, 0.3) is 5.56 Å². The van der Waals surface area contributed by atoms with Crippen LogP contribution in [0.25, 0.3) is 0 Å². The van der Waals surface area contributed by atoms with Crippen molar-refractivity contribution in [3.63, 3.8) is 0 Å². The Hall–Kier alpha value is -2.83. The number of ether oxygens (including phenoxy) is 2. The van der Waals surface area contributed by atoms with E-state index >= 15 is 0 Å². The van der Waals surface area contributed by atoms with Gasteiger partial charge in [-0.3, -0.25) is 18.7 Å². The number of benzene rings is 1. The van der Waals surface area contributed by atoms with Gasteiger partial charge in [-0.15, -0.1) is 0 Å². The number of esters is 1. The van der Waals surface area contributed by atoms with Crippen LogP contribution in [0.5, 0.6) is 5.88 Å². The first-order chi connectivity index (χ1) is 14.5. The second kappa shape index (κ2) is 8.50. The van der Waals surface area contributed by atoms with Crippen molar-refractivity contribution < 1.29 is 14.3 Å². The van der Waals surface area contributed by atoms with E-state index in [0.717, 1.165) is 42.2 Å². The lowest BCUT2D eigenvalue weighted by atomic mass is 9.87. The summed E-state index contributed by atoms with van der Waals surface area (Å²) < 4.78 is 14.4. The molecule has 1 aliphatic carbocycles. The molecule has 1 fully saturated rings. The van der Waals surface area contributed by atoms with E-state index in [1.807, 2.05) is 30.3 Å². The summed E-state index contributed by atoms with van der Waals surface area (Å²) in [5, 5.41) is 0. The van der Waals surface area contributed by atoms with Gasteiger partial charge in [-0.2, -0.15) is 0 Å². The molecule has 1 aromatic heterocycles. The summed E-state index contributed by atoms with van der Waals surface area (Å²) in [5.74, 6) is -0.719. The third kappa shape index (κ3) is 3.57. The maximum absolute atomic E-state index is 13.1. The Morgan fingerprint density at radius 3 is 2.50 bits per heavy atom. The van der Waals surface area contributed by atoms with Crippen molar-refractivity contribution in [3.05, 3.63) is 62.3 Å². The third-order valence-corrected chi connectivity index (χ3v) is 6.22. The summed E-state index contributed by atoms with van der Waals surface area (Å²) in [6.07, 6.45) is 4.57. The number of rotatable bonds is 4. The van der Waals surface area contributed by atoms with Crippen LogP contribution in [0.2, 0.25) is 0 Å². The molecule has 30 heavy (non-hydrogen) atoms. The quantitative estimate of drug-likeness (QED) is 0.722. The van der Waals surface area contributed by atoms with Gasteiger partial charge < -0.3 is 9.47 Å². The predicted molar refractivity (Wildman–Crippen MR) is 112 cm³/mol. The first kappa shape index (κ1) is 20.4. The summed E-state index contributed by atoms with van der Waals surface area (Å²) in [6.45, 7) is 2.01. The average Bonchev–Trinajstić information content (AvgIpc) is 2.78. The Balaban J connectivity index is 1.87. The molecule has 2 heterocycles. The molecule has 1 aromatic carbocycles. The highest BCUT2D eigenvalue weighted by atomic mass is 16.5. The average molecular weight is 412 g/mol. The zero-order chi connectivity index (χ0) is 21.3. The highest BCUT2D eigenvalue weighted by Gasteiger charge is 2.41. The van der Waals surface area contributed by atoms with Crippen LogP contribution in [-0.2, 0) is 23.0 Å². The van der Waals surface area contributed by atoms with Gasteiger partial charge in [-0.1, -0.05) is 49.6 Å². The molecule has 4 rings (SSSR count). The van der Waals surface area contributed by atoms with Crippen molar-refractivity contribution in [1.82, 2.24) is 9.13 Å². The molecular formula is C23H28N2O5. The fourth-order valence-corrected chi connectivity index (χ4v) is 4.67. The van der Waals surface area contributed by atoms with Gasteiger partial charge in [0.05, 0.1) is 12.2 Å². The fourth-order valence-electron chi connectivity index (χ4n) is 4.67. The number of fused-ring (bicyclic) bond motifs is 1. The summed E-state index contributed by atoms with van der Waals surface area (Å²) in [6, 6.07) is 9.46. The SMILES string of the molecule is CCOC(=O)[C@@H]1Cc2c(n(C3CCCCC3)c(=O)n(C)c2=O)O[C@H]1c1ccccc1. The number of hydrogen-bond donors (Lipinski definition) is 0. The number of carbonyl (C=O) groups is 1. The van der Waals surface area contributed by atoms with E-state index in [0.29, 0.717) is 11.4 Å². The van der Waals surface area contributed by atoms with Gasteiger partial charge in [0, 0.05) is 19.5 Å². The number of nitrogens with zero attached hydrogens (tertiary/aromatic N) is 2. The molecule has 2 aromatic rings. The van der Waals surface area contributed by atoms with Gasteiger partial charge >= 0.3 is 11.7 Å². The Kier molecular flexibility index (Phi) is 5.79. The lowest BCUT2D eigenvalue weighted by Crippen LogP contribution is -2.46. The monoisotopic (exact) mass is 412 g/mol. The normalized spacial score (nSPS) is 21.5. The zero-order valence-electron chi connectivity index (χ0n) is 17.5. The number of hydrogen-bond acceptors (Lipinski definition) is 5. The molecular weight excluding hydrogens is 384 g/mol. The maximum atomic E-state index is 13.1. The molecule has 2 aliphatic rings. The molecule has 0 saturated heterocycles. The van der Waals surface area contributed by atoms with Crippen LogP contribution in [0.3, 0.4) is 0 Å². The molecule has 1 saturated carbocycles. The van der Waals surface area contributed by atoms with Crippen LogP contribution in [0.15, 0.2) is 39.9 Å². The highest BCUT2D eigenvalue weighted by molar-refractivity contribution is 5.74. The predicted octanol–water partition coefficient (Wildman–Crippen LogP) is 2.91. The van der Waals surface area contributed by atoms with Crippen molar-refractivity contribution in [2.75, 3.05) is 6.61 Å². The summed E-state index contributed by atoms with van der Waals surface area (Å²) >= 11 is 0. The van der Waals surface area contributed by atoms with E-state index in [1.54, 1.807) is 11.5 Å². The van der Waals surface area contributed by atoms with Crippen molar-refractivity contribution in [1.29, 1.82) is 0 Å². The first-order valence-corrected chi connectivity index (χ1v) is 10.8. The van der Waals surface area contributed by atoms with E-state index in [9.17, 15) is 14.4 Å². The van der Waals surface area contributed by atoms with E-state index in [1.165, 1.54) is 7.05 Å². The lowest BCUT2D eigenvalue weighted by molar-refractivity contribution is -0.152. The van der Waals surface area contributed by atoms with Crippen molar-refractivity contribution in [2.24, 2.45) is 13.0 Å². The summed E-state index contributed by atoms with van der Waals surface area (Å²) in [4.78, 5) is 38.8. The number of aromatic nitrogens is 2. The summed E-state index contributed by atoms with van der Waals surface area (Å²) in [7, 11) is 1.49. The van der Waals surface area contributed by atoms with Crippen LogP contribution in [0.1, 0.15) is 62.3 Å². The van der Waals surface area contributed by atoms with Crippen LogP contribution < -0.4 is 16.0 Å². The zero-order valence-corrected chi connectivity index (χ0v) is 17.5. The second-order valence-corrected chi connectivity index (χ2v) is 8.10. The van der Waals surface area contributed by atoms with Gasteiger partial charge in [0.15, 0.2) is 0 Å². The summed E-state index contributed by atoms with van der Waals surface area (Å²) in [5.41, 5.74) is 0.451. The molecule has 1 aliphatic heterocycles. The fraction of sp³-hybridized carbons (Fsp3) is 0.522. The lowest BCUT2D eigenvalue weighted by Gasteiger charge is -2.35. The van der Waals surface area contributed by atoms with Crippen molar-refractivity contribution in [2.45, 2.75) is 57.6 Å². The molecule has 0 amide bonds. The smallest absolute Gasteiger partial charge is 0.333 e. The second-order valence-electron chi connectivity index (χ2n) is 8.10.